The number of carboxylic acid groups (broad SMARTS) is 1. The summed E-state index contributed by atoms with van der Waals surface area (Å²) in [7, 11) is 0. The third-order valence-corrected chi connectivity index (χ3v) is 3.50. The molecule has 0 radical (unpaired) electrons. The van der Waals surface area contributed by atoms with Gasteiger partial charge in [-0.1, -0.05) is 39.0 Å². The average Bonchev–Trinajstić information content (AvgIpc) is 2.53. The summed E-state index contributed by atoms with van der Waals surface area (Å²) in [6.07, 6.45) is 7.27. The fourth-order valence-corrected chi connectivity index (χ4v) is 2.39. The van der Waals surface area contributed by atoms with Crippen molar-refractivity contribution in [1.82, 2.24) is 5.32 Å². The summed E-state index contributed by atoms with van der Waals surface area (Å²) in [6.45, 7) is 2.02. The average molecular weight is 241 g/mol. The highest BCUT2D eigenvalue weighted by Gasteiger charge is 2.39. The number of hydrogen-bond donors (Lipinski definition) is 2. The molecule has 17 heavy (non-hydrogen) atoms. The van der Waals surface area contributed by atoms with Gasteiger partial charge in [-0.15, -0.1) is 0 Å². The van der Waals surface area contributed by atoms with E-state index in [1.54, 1.807) is 0 Å². The van der Waals surface area contributed by atoms with Crippen LogP contribution in [0, 0.1) is 0 Å². The van der Waals surface area contributed by atoms with Crippen molar-refractivity contribution in [2.24, 2.45) is 0 Å². The van der Waals surface area contributed by atoms with E-state index in [1.165, 1.54) is 0 Å². The zero-order valence-corrected chi connectivity index (χ0v) is 10.6. The van der Waals surface area contributed by atoms with Gasteiger partial charge in [0.15, 0.2) is 0 Å². The molecular weight excluding hydrogens is 218 g/mol. The largest absolute Gasteiger partial charge is 0.480 e. The van der Waals surface area contributed by atoms with Crippen LogP contribution in [-0.2, 0) is 9.59 Å². The van der Waals surface area contributed by atoms with E-state index in [1.807, 2.05) is 6.92 Å². The molecule has 0 aromatic heterocycles. The lowest BCUT2D eigenvalue weighted by atomic mass is 9.90. The Morgan fingerprint density at radius 3 is 2.24 bits per heavy atom. The molecule has 0 atom stereocenters. The van der Waals surface area contributed by atoms with Crippen molar-refractivity contribution in [2.75, 3.05) is 0 Å². The van der Waals surface area contributed by atoms with E-state index >= 15 is 0 Å². The van der Waals surface area contributed by atoms with Gasteiger partial charge in [0.25, 0.3) is 0 Å². The Hall–Kier alpha value is -1.06. The summed E-state index contributed by atoms with van der Waals surface area (Å²) >= 11 is 0. The van der Waals surface area contributed by atoms with Crippen molar-refractivity contribution in [3.63, 3.8) is 0 Å². The minimum Gasteiger partial charge on any atom is -0.480 e. The van der Waals surface area contributed by atoms with Crippen LogP contribution in [0.4, 0.5) is 0 Å². The van der Waals surface area contributed by atoms with E-state index in [-0.39, 0.29) is 5.91 Å². The number of carbonyl (C=O) groups is 2. The van der Waals surface area contributed by atoms with Crippen LogP contribution in [0.3, 0.4) is 0 Å². The van der Waals surface area contributed by atoms with E-state index in [0.29, 0.717) is 19.3 Å². The smallest absolute Gasteiger partial charge is 0.329 e. The third-order valence-electron chi connectivity index (χ3n) is 3.50. The van der Waals surface area contributed by atoms with Crippen molar-refractivity contribution < 1.29 is 14.7 Å². The van der Waals surface area contributed by atoms with Gasteiger partial charge in [-0.25, -0.2) is 4.79 Å². The van der Waals surface area contributed by atoms with Crippen LogP contribution in [0.5, 0.6) is 0 Å². The van der Waals surface area contributed by atoms with Crippen molar-refractivity contribution in [2.45, 2.75) is 70.3 Å². The molecule has 2 N–H and O–H groups in total. The number of carboxylic acids is 1. The Morgan fingerprint density at radius 1 is 1.18 bits per heavy atom. The van der Waals surface area contributed by atoms with Crippen LogP contribution in [-0.4, -0.2) is 22.5 Å². The SMILES string of the molecule is CCCCC(=O)NC1(C(=O)O)CCCCCC1. The van der Waals surface area contributed by atoms with Crippen molar-refractivity contribution in [3.8, 4) is 0 Å². The van der Waals surface area contributed by atoms with E-state index in [0.717, 1.165) is 38.5 Å². The van der Waals surface area contributed by atoms with Gasteiger partial charge in [0.05, 0.1) is 0 Å². The van der Waals surface area contributed by atoms with Crippen LogP contribution in [0.15, 0.2) is 0 Å². The molecule has 0 aromatic carbocycles. The molecule has 1 rings (SSSR count). The molecule has 0 spiro atoms. The lowest BCUT2D eigenvalue weighted by molar-refractivity contribution is -0.148. The van der Waals surface area contributed by atoms with Crippen molar-refractivity contribution in [3.05, 3.63) is 0 Å². The van der Waals surface area contributed by atoms with Gasteiger partial charge in [-0.2, -0.15) is 0 Å². The molecule has 0 bridgehead atoms. The molecule has 0 heterocycles. The Balaban J connectivity index is 2.63. The van der Waals surface area contributed by atoms with Gasteiger partial charge < -0.3 is 10.4 Å². The summed E-state index contributed by atoms with van der Waals surface area (Å²) in [6, 6.07) is 0. The summed E-state index contributed by atoms with van der Waals surface area (Å²) in [4.78, 5) is 23.1. The molecule has 0 unspecified atom stereocenters. The third kappa shape index (κ3) is 4.02. The maximum atomic E-state index is 11.7. The minimum absolute atomic E-state index is 0.115. The number of carbonyl (C=O) groups excluding carboxylic acids is 1. The van der Waals surface area contributed by atoms with E-state index < -0.39 is 11.5 Å². The van der Waals surface area contributed by atoms with Gasteiger partial charge >= 0.3 is 5.97 Å². The summed E-state index contributed by atoms with van der Waals surface area (Å²) < 4.78 is 0. The van der Waals surface area contributed by atoms with Gasteiger partial charge in [0, 0.05) is 6.42 Å². The lowest BCUT2D eigenvalue weighted by Crippen LogP contribution is -2.54. The second-order valence-electron chi connectivity index (χ2n) is 4.95. The number of rotatable bonds is 5. The maximum absolute atomic E-state index is 11.7. The number of nitrogens with one attached hydrogen (secondary N) is 1. The zero-order valence-electron chi connectivity index (χ0n) is 10.6. The highest BCUT2D eigenvalue weighted by atomic mass is 16.4. The van der Waals surface area contributed by atoms with Crippen molar-refractivity contribution >= 4 is 11.9 Å². The molecule has 1 aliphatic carbocycles. The molecule has 98 valence electrons. The van der Waals surface area contributed by atoms with Gasteiger partial charge in [-0.3, -0.25) is 4.79 Å². The first-order valence-corrected chi connectivity index (χ1v) is 6.65. The second kappa shape index (κ2) is 6.62. The predicted octanol–water partition coefficient (Wildman–Crippen LogP) is 2.47. The van der Waals surface area contributed by atoms with Gasteiger partial charge in [0.1, 0.15) is 5.54 Å². The predicted molar refractivity (Wildman–Crippen MR) is 65.7 cm³/mol. The highest BCUT2D eigenvalue weighted by molar-refractivity contribution is 5.87. The highest BCUT2D eigenvalue weighted by Crippen LogP contribution is 2.27. The van der Waals surface area contributed by atoms with E-state index in [9.17, 15) is 14.7 Å². The molecule has 1 saturated carbocycles. The topological polar surface area (TPSA) is 66.4 Å². The number of hydrogen-bond acceptors (Lipinski definition) is 2. The summed E-state index contributed by atoms with van der Waals surface area (Å²) in [5.41, 5.74) is -0.999. The summed E-state index contributed by atoms with van der Waals surface area (Å²) in [5, 5.41) is 12.1. The first-order valence-electron chi connectivity index (χ1n) is 6.65. The molecule has 1 amide bonds. The fourth-order valence-electron chi connectivity index (χ4n) is 2.39. The molecule has 0 aromatic rings. The van der Waals surface area contributed by atoms with Crippen LogP contribution >= 0.6 is 0 Å². The quantitative estimate of drug-likeness (QED) is 0.727. The lowest BCUT2D eigenvalue weighted by Gasteiger charge is -2.29. The van der Waals surface area contributed by atoms with Gasteiger partial charge in [0.2, 0.25) is 5.91 Å². The van der Waals surface area contributed by atoms with Crippen LogP contribution in [0.25, 0.3) is 0 Å². The molecule has 0 saturated heterocycles. The van der Waals surface area contributed by atoms with E-state index in [2.05, 4.69) is 5.32 Å². The standard InChI is InChI=1S/C13H23NO3/c1-2-3-8-11(15)14-13(12(16)17)9-6-4-5-7-10-13/h2-10H2,1H3,(H,14,15)(H,16,17). The number of unbranched alkanes of at least 4 members (excludes halogenated alkanes) is 1. The minimum atomic E-state index is -0.999. The molecule has 4 heteroatoms. The van der Waals surface area contributed by atoms with Gasteiger partial charge in [-0.05, 0) is 19.3 Å². The summed E-state index contributed by atoms with van der Waals surface area (Å²) in [5.74, 6) is -0.986. The van der Waals surface area contributed by atoms with E-state index in [4.69, 9.17) is 0 Å². The zero-order chi connectivity index (χ0) is 12.7. The van der Waals surface area contributed by atoms with Crippen LogP contribution in [0.1, 0.15) is 64.7 Å². The Labute approximate surface area is 103 Å². The second-order valence-corrected chi connectivity index (χ2v) is 4.95. The Morgan fingerprint density at radius 2 is 1.76 bits per heavy atom. The molecule has 0 aliphatic heterocycles. The Kier molecular flexibility index (Phi) is 5.45. The normalized spacial score (nSPS) is 19.4. The molecule has 1 aliphatic rings. The fraction of sp³-hybridized carbons (Fsp3) is 0.846. The first-order chi connectivity index (χ1) is 8.10. The van der Waals surface area contributed by atoms with Crippen LogP contribution in [0.2, 0.25) is 0 Å². The van der Waals surface area contributed by atoms with Crippen molar-refractivity contribution in [1.29, 1.82) is 0 Å². The number of aliphatic carboxylic acids is 1. The monoisotopic (exact) mass is 241 g/mol. The maximum Gasteiger partial charge on any atom is 0.329 e. The molecule has 1 fully saturated rings. The Bertz CT molecular complexity index is 268. The van der Waals surface area contributed by atoms with Crippen LogP contribution < -0.4 is 5.32 Å². The number of amides is 1. The first kappa shape index (κ1) is 14.0. The molecular formula is C13H23NO3. The molecule has 4 nitrogen and oxygen atoms in total.